The van der Waals surface area contributed by atoms with E-state index in [1.54, 1.807) is 0 Å². The molecule has 0 bridgehead atoms. The molecule has 1 rings (SSSR count). The van der Waals surface area contributed by atoms with E-state index in [2.05, 4.69) is 0 Å². The topological polar surface area (TPSA) is 81.7 Å². The molecule has 0 saturated heterocycles. The normalized spacial score (nSPS) is 13.3. The first kappa shape index (κ1) is 29.5. The van der Waals surface area contributed by atoms with E-state index < -0.39 is 69.4 Å². The number of rotatable bonds is 8. The minimum absolute atomic E-state index is 0.0645. The number of esters is 2. The van der Waals surface area contributed by atoms with Crippen LogP contribution in [0.4, 0.5) is 44.5 Å². The van der Waals surface area contributed by atoms with Gasteiger partial charge >= 0.3 is 41.8 Å². The van der Waals surface area contributed by atoms with Crippen LogP contribution in [0, 0.1) is 6.92 Å². The molecule has 0 radical (unpaired) electrons. The summed E-state index contributed by atoms with van der Waals surface area (Å²) in [5.74, 6) is -26.9. The Morgan fingerprint density at radius 1 is 0.794 bits per heavy atom. The molecule has 194 valence electrons. The molecule has 0 fully saturated rings. The van der Waals surface area contributed by atoms with Gasteiger partial charge in [0, 0.05) is 0 Å². The van der Waals surface area contributed by atoms with Crippen LogP contribution in [0.3, 0.4) is 0 Å². The Kier molecular flexibility index (Phi) is 8.35. The molecule has 1 heterocycles. The predicted octanol–water partition coefficient (Wildman–Crippen LogP) is 5.59. The maximum absolute atomic E-state index is 13.9. The minimum atomic E-state index is -7.29. The quantitative estimate of drug-likeness (QED) is 0.349. The lowest BCUT2D eigenvalue weighted by molar-refractivity contribution is -0.388. The molecule has 0 atom stereocenters. The van der Waals surface area contributed by atoms with Gasteiger partial charge in [-0.25, -0.2) is 9.59 Å². The van der Waals surface area contributed by atoms with Crippen molar-refractivity contribution in [1.29, 1.82) is 0 Å². The van der Waals surface area contributed by atoms with E-state index in [-0.39, 0.29) is 16.9 Å². The maximum atomic E-state index is 13.9. The third kappa shape index (κ3) is 5.41. The number of halogens is 9. The summed E-state index contributed by atoms with van der Waals surface area (Å²) in [4.78, 5) is 35.9. The van der Waals surface area contributed by atoms with Gasteiger partial charge in [0.05, 0.1) is 17.8 Å². The summed E-state index contributed by atoms with van der Waals surface area (Å²) in [6, 6.07) is 0. The molecule has 0 unspecified atom stereocenters. The highest BCUT2D eigenvalue weighted by molar-refractivity contribution is 7.18. The van der Waals surface area contributed by atoms with Crippen molar-refractivity contribution in [3.05, 3.63) is 16.0 Å². The summed E-state index contributed by atoms with van der Waals surface area (Å²) in [5.41, 5.74) is -1.10. The highest BCUT2D eigenvalue weighted by Gasteiger charge is 2.83. The molecule has 34 heavy (non-hydrogen) atoms. The van der Waals surface area contributed by atoms with Gasteiger partial charge in [0.25, 0.3) is 0 Å². The van der Waals surface area contributed by atoms with Gasteiger partial charge in [0.1, 0.15) is 9.88 Å². The molecule has 0 aliphatic carbocycles. The summed E-state index contributed by atoms with van der Waals surface area (Å²) in [5, 5.41) is 0.0116. The lowest BCUT2D eigenvalue weighted by Gasteiger charge is -2.32. The zero-order valence-electron chi connectivity index (χ0n) is 18.0. The van der Waals surface area contributed by atoms with Crippen LogP contribution < -0.4 is 5.32 Å². The fourth-order valence-corrected chi connectivity index (χ4v) is 3.35. The second-order valence-electron chi connectivity index (χ2n) is 7.34. The first-order chi connectivity index (χ1) is 15.1. The van der Waals surface area contributed by atoms with Gasteiger partial charge in [-0.1, -0.05) is 0 Å². The SMILES string of the molecule is Cc1c(C(=O)OC(C)C)sc(NC(=O)C(F)(F)C(F)(F)C(F)(F)C(F)(F)F)c1C(=O)OC(C)C. The number of hydrogen-bond donors (Lipinski definition) is 1. The second kappa shape index (κ2) is 9.62. The van der Waals surface area contributed by atoms with Crippen LogP contribution in [0.5, 0.6) is 0 Å². The van der Waals surface area contributed by atoms with Crippen LogP contribution in [-0.2, 0) is 14.3 Å². The number of alkyl halides is 9. The number of thiophene rings is 1. The van der Waals surface area contributed by atoms with Crippen molar-refractivity contribution >= 4 is 34.2 Å². The monoisotopic (exact) mass is 531 g/mol. The Labute approximate surface area is 190 Å². The largest absolute Gasteiger partial charge is 0.460 e. The van der Waals surface area contributed by atoms with E-state index in [1.165, 1.54) is 27.7 Å². The lowest BCUT2D eigenvalue weighted by Crippen LogP contribution is -2.64. The zero-order chi connectivity index (χ0) is 27.0. The average Bonchev–Trinajstić information content (AvgIpc) is 2.95. The summed E-state index contributed by atoms with van der Waals surface area (Å²) in [6.45, 7) is 6.60. The van der Waals surface area contributed by atoms with E-state index in [4.69, 9.17) is 9.47 Å². The molecule has 0 aliphatic rings. The van der Waals surface area contributed by atoms with Gasteiger partial charge in [-0.15, -0.1) is 11.3 Å². The van der Waals surface area contributed by atoms with E-state index in [0.717, 1.165) is 12.2 Å². The van der Waals surface area contributed by atoms with Crippen molar-refractivity contribution in [2.75, 3.05) is 5.32 Å². The highest BCUT2D eigenvalue weighted by atomic mass is 32.1. The molecular formula is C18H18F9NO5S. The number of carbonyl (C=O) groups is 3. The van der Waals surface area contributed by atoms with Gasteiger partial charge < -0.3 is 14.8 Å². The molecule has 6 nitrogen and oxygen atoms in total. The number of carbonyl (C=O) groups excluding carboxylic acids is 3. The number of anilines is 1. The van der Waals surface area contributed by atoms with Crippen LogP contribution in [0.15, 0.2) is 0 Å². The van der Waals surface area contributed by atoms with Crippen molar-refractivity contribution in [3.8, 4) is 0 Å². The fourth-order valence-electron chi connectivity index (χ4n) is 2.28. The molecule has 1 aromatic heterocycles. The minimum Gasteiger partial charge on any atom is -0.459 e. The van der Waals surface area contributed by atoms with E-state index in [1.807, 2.05) is 0 Å². The summed E-state index contributed by atoms with van der Waals surface area (Å²) in [7, 11) is 0. The van der Waals surface area contributed by atoms with E-state index >= 15 is 0 Å². The first-order valence-electron chi connectivity index (χ1n) is 9.16. The Morgan fingerprint density at radius 2 is 1.24 bits per heavy atom. The van der Waals surface area contributed by atoms with Crippen LogP contribution >= 0.6 is 11.3 Å². The number of ether oxygens (including phenoxy) is 2. The fraction of sp³-hybridized carbons (Fsp3) is 0.611. The molecule has 0 aromatic carbocycles. The molecule has 16 heteroatoms. The molecular weight excluding hydrogens is 513 g/mol. The summed E-state index contributed by atoms with van der Waals surface area (Å²) < 4.78 is 128. The lowest BCUT2D eigenvalue weighted by atomic mass is 10.0. The van der Waals surface area contributed by atoms with E-state index in [9.17, 15) is 53.9 Å². The van der Waals surface area contributed by atoms with Crippen LogP contribution in [0.25, 0.3) is 0 Å². The third-order valence-corrected chi connectivity index (χ3v) is 5.07. The Bertz CT molecular complexity index is 954. The molecule has 0 saturated carbocycles. The van der Waals surface area contributed by atoms with Gasteiger partial charge in [-0.05, 0) is 40.2 Å². The standard InChI is InChI=1S/C18H18F9NO5S/c1-6(2)32-12(29)9-8(5)10(13(30)33-7(3)4)34-11(9)28-14(31)15(19,20)16(21,22)17(23,24)18(25,26)27/h6-7H,1-5H3,(H,28,31). The molecule has 0 spiro atoms. The van der Waals surface area contributed by atoms with Gasteiger partial charge in [-0.2, -0.15) is 39.5 Å². The van der Waals surface area contributed by atoms with Gasteiger partial charge in [-0.3, -0.25) is 4.79 Å². The molecule has 1 aromatic rings. The Balaban J connectivity index is 3.54. The van der Waals surface area contributed by atoms with Crippen LogP contribution in [0.1, 0.15) is 53.3 Å². The van der Waals surface area contributed by atoms with Crippen molar-refractivity contribution in [2.45, 2.75) is 70.8 Å². The molecule has 0 aliphatic heterocycles. The second-order valence-corrected chi connectivity index (χ2v) is 8.36. The van der Waals surface area contributed by atoms with E-state index in [0.29, 0.717) is 0 Å². The number of nitrogens with one attached hydrogen (secondary N) is 1. The Morgan fingerprint density at radius 3 is 1.65 bits per heavy atom. The first-order valence-corrected chi connectivity index (χ1v) is 9.98. The highest BCUT2D eigenvalue weighted by Crippen LogP contribution is 2.53. The third-order valence-electron chi connectivity index (χ3n) is 3.88. The molecule has 1 N–H and O–H groups in total. The van der Waals surface area contributed by atoms with Gasteiger partial charge in [0.15, 0.2) is 0 Å². The Hall–Kier alpha value is -2.52. The average molecular weight is 531 g/mol. The summed E-state index contributed by atoms with van der Waals surface area (Å²) >= 11 is 0.0645. The van der Waals surface area contributed by atoms with Crippen molar-refractivity contribution in [1.82, 2.24) is 0 Å². The van der Waals surface area contributed by atoms with Crippen LogP contribution in [0.2, 0.25) is 0 Å². The van der Waals surface area contributed by atoms with Crippen LogP contribution in [-0.4, -0.2) is 54.0 Å². The predicted molar refractivity (Wildman–Crippen MR) is 99.7 cm³/mol. The van der Waals surface area contributed by atoms with Crippen molar-refractivity contribution < 1.29 is 63.4 Å². The van der Waals surface area contributed by atoms with Gasteiger partial charge in [0.2, 0.25) is 0 Å². The maximum Gasteiger partial charge on any atom is 0.460 e. The van der Waals surface area contributed by atoms with Crippen molar-refractivity contribution in [3.63, 3.8) is 0 Å². The smallest absolute Gasteiger partial charge is 0.459 e. The molecule has 1 amide bonds. The number of amides is 1. The zero-order valence-corrected chi connectivity index (χ0v) is 18.8. The van der Waals surface area contributed by atoms with Crippen molar-refractivity contribution in [2.24, 2.45) is 0 Å². The summed E-state index contributed by atoms with van der Waals surface area (Å²) in [6.07, 6.45) is -8.68. The number of hydrogen-bond acceptors (Lipinski definition) is 6.